The maximum atomic E-state index is 4.38. The summed E-state index contributed by atoms with van der Waals surface area (Å²) in [5.41, 5.74) is 4.28. The van der Waals surface area contributed by atoms with Crippen molar-refractivity contribution in [2.24, 2.45) is 4.99 Å². The van der Waals surface area contributed by atoms with E-state index >= 15 is 0 Å². The van der Waals surface area contributed by atoms with E-state index in [9.17, 15) is 0 Å². The molecule has 1 aliphatic carbocycles. The standard InChI is InChI=1S/C21H28N4.HI/c1-17-15-23-13-9-18(17)10-14-24-20(22-2)25-16-21(11-6-12-21)19-7-4-3-5-8-19;/h3-5,7-9,13,15H,6,10-12,14,16H2,1-2H3,(H2,22,24,25);1H. The highest BCUT2D eigenvalue weighted by atomic mass is 127. The Hall–Kier alpha value is -1.63. The van der Waals surface area contributed by atoms with Crippen LogP contribution in [0.2, 0.25) is 0 Å². The normalized spacial score (nSPS) is 15.5. The van der Waals surface area contributed by atoms with Crippen LogP contribution >= 0.6 is 24.0 Å². The first kappa shape index (κ1) is 20.7. The van der Waals surface area contributed by atoms with E-state index in [0.29, 0.717) is 0 Å². The summed E-state index contributed by atoms with van der Waals surface area (Å²) in [4.78, 5) is 8.53. The van der Waals surface area contributed by atoms with Gasteiger partial charge in [-0.15, -0.1) is 24.0 Å². The lowest BCUT2D eigenvalue weighted by Gasteiger charge is -2.43. The topological polar surface area (TPSA) is 49.3 Å². The second-order valence-corrected chi connectivity index (χ2v) is 6.90. The summed E-state index contributed by atoms with van der Waals surface area (Å²) in [6.45, 7) is 3.91. The summed E-state index contributed by atoms with van der Waals surface area (Å²) >= 11 is 0. The molecule has 1 saturated carbocycles. The number of aromatic nitrogens is 1. The molecular weight excluding hydrogens is 435 g/mol. The van der Waals surface area contributed by atoms with Crippen molar-refractivity contribution in [1.29, 1.82) is 0 Å². The Balaban J connectivity index is 0.00000243. The molecule has 0 aliphatic heterocycles. The Bertz CT molecular complexity index is 711. The molecule has 0 radical (unpaired) electrons. The largest absolute Gasteiger partial charge is 0.356 e. The number of guanidine groups is 1. The van der Waals surface area contributed by atoms with E-state index in [1.165, 1.54) is 36.0 Å². The number of rotatable bonds is 6. The molecule has 1 fully saturated rings. The Morgan fingerprint density at radius 3 is 2.54 bits per heavy atom. The second-order valence-electron chi connectivity index (χ2n) is 6.90. The van der Waals surface area contributed by atoms with Crippen molar-refractivity contribution in [3.8, 4) is 0 Å². The highest BCUT2D eigenvalue weighted by molar-refractivity contribution is 14.0. The third-order valence-corrected chi connectivity index (χ3v) is 5.34. The molecule has 0 unspecified atom stereocenters. The molecule has 1 aromatic heterocycles. The van der Waals surface area contributed by atoms with Crippen molar-refractivity contribution in [1.82, 2.24) is 15.6 Å². The van der Waals surface area contributed by atoms with E-state index in [-0.39, 0.29) is 29.4 Å². The van der Waals surface area contributed by atoms with Crippen molar-refractivity contribution in [3.05, 3.63) is 65.5 Å². The minimum absolute atomic E-state index is 0. The zero-order valence-corrected chi connectivity index (χ0v) is 18.0. The predicted octanol–water partition coefficient (Wildman–Crippen LogP) is 3.84. The van der Waals surface area contributed by atoms with Gasteiger partial charge in [-0.3, -0.25) is 9.98 Å². The van der Waals surface area contributed by atoms with Crippen LogP contribution in [0.15, 0.2) is 53.8 Å². The number of aryl methyl sites for hydroxylation is 1. The Kier molecular flexibility index (Phi) is 7.87. The summed E-state index contributed by atoms with van der Waals surface area (Å²) in [6.07, 6.45) is 8.55. The van der Waals surface area contributed by atoms with Gasteiger partial charge in [0.15, 0.2) is 5.96 Å². The molecule has 0 atom stereocenters. The lowest BCUT2D eigenvalue weighted by atomic mass is 9.64. The zero-order chi connectivity index (χ0) is 17.5. The van der Waals surface area contributed by atoms with Gasteiger partial charge in [0.1, 0.15) is 0 Å². The van der Waals surface area contributed by atoms with Crippen molar-refractivity contribution in [2.75, 3.05) is 20.1 Å². The average molecular weight is 464 g/mol. The highest BCUT2D eigenvalue weighted by Gasteiger charge is 2.38. The SMILES string of the molecule is CN=C(NCCc1ccncc1C)NCC1(c2ccccc2)CCC1.I. The Labute approximate surface area is 173 Å². The van der Waals surface area contributed by atoms with Crippen LogP contribution in [-0.4, -0.2) is 31.1 Å². The quantitative estimate of drug-likeness (QED) is 0.388. The van der Waals surface area contributed by atoms with Crippen LogP contribution in [0, 0.1) is 6.92 Å². The fourth-order valence-corrected chi connectivity index (χ4v) is 3.53. The van der Waals surface area contributed by atoms with Crippen molar-refractivity contribution in [3.63, 3.8) is 0 Å². The summed E-state index contributed by atoms with van der Waals surface area (Å²) in [7, 11) is 1.84. The van der Waals surface area contributed by atoms with Gasteiger partial charge in [0.05, 0.1) is 0 Å². The minimum atomic E-state index is 0. The second kappa shape index (κ2) is 9.90. The molecule has 3 rings (SSSR count). The van der Waals surface area contributed by atoms with Crippen molar-refractivity contribution in [2.45, 2.75) is 38.0 Å². The van der Waals surface area contributed by atoms with Crippen LogP contribution in [-0.2, 0) is 11.8 Å². The van der Waals surface area contributed by atoms with Crippen LogP contribution in [0.5, 0.6) is 0 Å². The number of halogens is 1. The zero-order valence-electron chi connectivity index (χ0n) is 15.7. The average Bonchev–Trinajstić information content (AvgIpc) is 2.61. The molecule has 1 aromatic carbocycles. The van der Waals surface area contributed by atoms with Crippen LogP contribution in [0.3, 0.4) is 0 Å². The molecule has 2 aromatic rings. The lowest BCUT2D eigenvalue weighted by Crippen LogP contribution is -2.49. The van der Waals surface area contributed by atoms with Gasteiger partial charge in [0, 0.05) is 37.9 Å². The van der Waals surface area contributed by atoms with E-state index in [2.05, 4.69) is 63.9 Å². The molecule has 0 bridgehead atoms. The van der Waals surface area contributed by atoms with E-state index in [0.717, 1.165) is 25.5 Å². The molecule has 1 aliphatic rings. The molecule has 140 valence electrons. The van der Waals surface area contributed by atoms with Gasteiger partial charge in [-0.2, -0.15) is 0 Å². The fraction of sp³-hybridized carbons (Fsp3) is 0.429. The first-order valence-corrected chi connectivity index (χ1v) is 9.13. The molecule has 5 heteroatoms. The van der Waals surface area contributed by atoms with Gasteiger partial charge in [-0.25, -0.2) is 0 Å². The third-order valence-electron chi connectivity index (χ3n) is 5.34. The van der Waals surface area contributed by atoms with Gasteiger partial charge in [0.25, 0.3) is 0 Å². The number of aliphatic imine (C=N–C) groups is 1. The summed E-state index contributed by atoms with van der Waals surface area (Å²) in [6, 6.07) is 13.0. The molecule has 1 heterocycles. The minimum Gasteiger partial charge on any atom is -0.356 e. The molecule has 2 N–H and O–H groups in total. The van der Waals surface area contributed by atoms with Gasteiger partial charge < -0.3 is 10.6 Å². The van der Waals surface area contributed by atoms with Crippen LogP contribution in [0.1, 0.15) is 36.0 Å². The summed E-state index contributed by atoms with van der Waals surface area (Å²) in [5.74, 6) is 0.883. The number of hydrogen-bond acceptors (Lipinski definition) is 2. The van der Waals surface area contributed by atoms with E-state index in [4.69, 9.17) is 0 Å². The van der Waals surface area contributed by atoms with E-state index in [1.54, 1.807) is 0 Å². The van der Waals surface area contributed by atoms with Crippen molar-refractivity contribution >= 4 is 29.9 Å². The summed E-state index contributed by atoms with van der Waals surface area (Å²) < 4.78 is 0. The maximum absolute atomic E-state index is 4.38. The number of nitrogens with zero attached hydrogens (tertiary/aromatic N) is 2. The Morgan fingerprint density at radius 2 is 1.92 bits per heavy atom. The number of nitrogens with one attached hydrogen (secondary N) is 2. The predicted molar refractivity (Wildman–Crippen MR) is 119 cm³/mol. The fourth-order valence-electron chi connectivity index (χ4n) is 3.53. The monoisotopic (exact) mass is 464 g/mol. The molecule has 0 spiro atoms. The smallest absolute Gasteiger partial charge is 0.191 e. The van der Waals surface area contributed by atoms with Crippen molar-refractivity contribution < 1.29 is 0 Å². The molecular formula is C21H29IN4. The van der Waals surface area contributed by atoms with Gasteiger partial charge in [-0.1, -0.05) is 36.8 Å². The lowest BCUT2D eigenvalue weighted by molar-refractivity contribution is 0.244. The summed E-state index contributed by atoms with van der Waals surface area (Å²) in [5, 5.41) is 6.97. The van der Waals surface area contributed by atoms with Crippen LogP contribution < -0.4 is 10.6 Å². The number of hydrogen-bond donors (Lipinski definition) is 2. The Morgan fingerprint density at radius 1 is 1.15 bits per heavy atom. The first-order chi connectivity index (χ1) is 12.2. The van der Waals surface area contributed by atoms with Crippen LogP contribution in [0.25, 0.3) is 0 Å². The van der Waals surface area contributed by atoms with Gasteiger partial charge in [0.2, 0.25) is 0 Å². The van der Waals surface area contributed by atoms with Gasteiger partial charge in [-0.05, 0) is 48.9 Å². The first-order valence-electron chi connectivity index (χ1n) is 9.13. The number of benzene rings is 1. The third kappa shape index (κ3) is 4.96. The molecule has 0 amide bonds. The molecule has 26 heavy (non-hydrogen) atoms. The highest BCUT2D eigenvalue weighted by Crippen LogP contribution is 2.43. The van der Waals surface area contributed by atoms with E-state index < -0.39 is 0 Å². The van der Waals surface area contributed by atoms with Crippen LogP contribution in [0.4, 0.5) is 0 Å². The molecule has 0 saturated heterocycles. The van der Waals surface area contributed by atoms with E-state index in [1.807, 2.05) is 19.4 Å². The maximum Gasteiger partial charge on any atom is 0.191 e. The number of pyridine rings is 1. The molecule has 4 nitrogen and oxygen atoms in total. The van der Waals surface area contributed by atoms with Gasteiger partial charge >= 0.3 is 0 Å².